The average molecular weight is 451 g/mol. The topological polar surface area (TPSA) is 121 Å². The standard InChI is InChI=1S/C25H38O7/c1-6-7-8-14(2)11-15(3)24(31)32-21-10-9-18(23(29)30)25(5)13-17(16(4)22(27)28)20(26)12-19(21)25/h11-12,14,16-18,21-22,27-28H,6-10,13H2,1-5H3,(H,29,30)/b15-11+/t14?,16?,17-,18+,21+,25+/m0/s1. The highest BCUT2D eigenvalue weighted by atomic mass is 16.5. The van der Waals surface area contributed by atoms with Crippen LogP contribution in [0.5, 0.6) is 0 Å². The minimum Gasteiger partial charge on any atom is -0.481 e. The number of carboxylic acid groups (broad SMARTS) is 1. The summed E-state index contributed by atoms with van der Waals surface area (Å²) in [7, 11) is 0. The molecule has 0 saturated heterocycles. The number of rotatable bonds is 9. The summed E-state index contributed by atoms with van der Waals surface area (Å²) >= 11 is 0. The van der Waals surface area contributed by atoms with Crippen molar-refractivity contribution in [3.63, 3.8) is 0 Å². The molecule has 7 nitrogen and oxygen atoms in total. The molecule has 7 heteroatoms. The second kappa shape index (κ2) is 10.8. The second-order valence-corrected chi connectivity index (χ2v) is 9.83. The normalized spacial score (nSPS) is 30.4. The van der Waals surface area contributed by atoms with Crippen LogP contribution in [-0.2, 0) is 19.1 Å². The summed E-state index contributed by atoms with van der Waals surface area (Å²) in [5.41, 5.74) is 0.119. The molecule has 1 fully saturated rings. The number of allylic oxidation sites excluding steroid dienone is 2. The van der Waals surface area contributed by atoms with Crippen LogP contribution in [-0.4, -0.2) is 45.4 Å². The van der Waals surface area contributed by atoms with Gasteiger partial charge in [-0.25, -0.2) is 4.79 Å². The van der Waals surface area contributed by atoms with Gasteiger partial charge in [0.1, 0.15) is 6.10 Å². The Kier molecular flexibility index (Phi) is 8.82. The zero-order chi connectivity index (χ0) is 24.2. The molecular formula is C25H38O7. The first-order valence-electron chi connectivity index (χ1n) is 11.7. The summed E-state index contributed by atoms with van der Waals surface area (Å²) in [4.78, 5) is 37.6. The van der Waals surface area contributed by atoms with E-state index >= 15 is 0 Å². The number of carbonyl (C=O) groups excluding carboxylic acids is 2. The van der Waals surface area contributed by atoms with E-state index in [0.29, 0.717) is 24.0 Å². The Morgan fingerprint density at radius 2 is 1.94 bits per heavy atom. The maximum atomic E-state index is 12.8. The number of hydrogen-bond donors (Lipinski definition) is 3. The SMILES string of the molecule is CCCCC(C)/C=C(\C)C(=O)O[C@@H]1CC[C@H](C(=O)O)[C@@]2(C)C[C@@H](C(C)C(O)O)C(=O)C=C12. The lowest BCUT2D eigenvalue weighted by Gasteiger charge is -2.49. The van der Waals surface area contributed by atoms with E-state index in [1.165, 1.54) is 6.08 Å². The zero-order valence-electron chi connectivity index (χ0n) is 19.8. The molecule has 0 aromatic rings. The Labute approximate surface area is 190 Å². The highest BCUT2D eigenvalue weighted by molar-refractivity contribution is 5.95. The van der Waals surface area contributed by atoms with Gasteiger partial charge < -0.3 is 20.1 Å². The highest BCUT2D eigenvalue weighted by Crippen LogP contribution is 2.53. The van der Waals surface area contributed by atoms with E-state index in [0.717, 1.165) is 19.3 Å². The lowest BCUT2D eigenvalue weighted by Crippen LogP contribution is -2.50. The maximum absolute atomic E-state index is 12.8. The van der Waals surface area contributed by atoms with E-state index in [1.807, 2.05) is 6.08 Å². The second-order valence-electron chi connectivity index (χ2n) is 9.83. The van der Waals surface area contributed by atoms with Crippen molar-refractivity contribution < 1.29 is 34.4 Å². The van der Waals surface area contributed by atoms with Gasteiger partial charge in [0.05, 0.1) is 5.92 Å². The minimum atomic E-state index is -1.68. The summed E-state index contributed by atoms with van der Waals surface area (Å²) in [6.45, 7) is 9.24. The van der Waals surface area contributed by atoms with E-state index in [2.05, 4.69) is 13.8 Å². The van der Waals surface area contributed by atoms with Gasteiger partial charge in [-0.3, -0.25) is 9.59 Å². The van der Waals surface area contributed by atoms with E-state index < -0.39 is 47.5 Å². The first-order valence-corrected chi connectivity index (χ1v) is 11.7. The van der Waals surface area contributed by atoms with E-state index in [9.17, 15) is 29.7 Å². The Morgan fingerprint density at radius 1 is 1.28 bits per heavy atom. The molecule has 0 amide bonds. The van der Waals surface area contributed by atoms with Crippen molar-refractivity contribution in [2.75, 3.05) is 0 Å². The van der Waals surface area contributed by atoms with Crippen LogP contribution in [0.2, 0.25) is 0 Å². The van der Waals surface area contributed by atoms with Crippen molar-refractivity contribution in [1.82, 2.24) is 0 Å². The van der Waals surface area contributed by atoms with Crippen LogP contribution in [0, 0.1) is 29.1 Å². The lowest BCUT2D eigenvalue weighted by atomic mass is 9.55. The van der Waals surface area contributed by atoms with Crippen LogP contribution < -0.4 is 0 Å². The average Bonchev–Trinajstić information content (AvgIpc) is 2.71. The Bertz CT molecular complexity index is 781. The summed E-state index contributed by atoms with van der Waals surface area (Å²) in [6.07, 6.45) is 4.92. The third-order valence-corrected chi connectivity index (χ3v) is 7.32. The van der Waals surface area contributed by atoms with Crippen LogP contribution in [0.4, 0.5) is 0 Å². The number of esters is 1. The molecule has 0 bridgehead atoms. The molecule has 3 N–H and O–H groups in total. The van der Waals surface area contributed by atoms with Crippen molar-refractivity contribution in [3.05, 3.63) is 23.3 Å². The van der Waals surface area contributed by atoms with Gasteiger partial charge in [0, 0.05) is 22.8 Å². The fraction of sp³-hybridized carbons (Fsp3) is 0.720. The molecule has 0 aromatic carbocycles. The van der Waals surface area contributed by atoms with Crippen LogP contribution in [0.25, 0.3) is 0 Å². The lowest BCUT2D eigenvalue weighted by molar-refractivity contribution is -0.155. The predicted octanol–water partition coefficient (Wildman–Crippen LogP) is 3.63. The molecule has 2 rings (SSSR count). The van der Waals surface area contributed by atoms with Crippen molar-refractivity contribution >= 4 is 17.7 Å². The quantitative estimate of drug-likeness (QED) is 0.279. The Balaban J connectivity index is 2.30. The first-order chi connectivity index (χ1) is 14.9. The van der Waals surface area contributed by atoms with Crippen LogP contribution in [0.15, 0.2) is 23.3 Å². The maximum Gasteiger partial charge on any atom is 0.333 e. The van der Waals surface area contributed by atoms with Gasteiger partial charge >= 0.3 is 11.9 Å². The molecule has 0 spiro atoms. The fourth-order valence-corrected chi connectivity index (χ4v) is 5.19. The van der Waals surface area contributed by atoms with Crippen LogP contribution in [0.1, 0.15) is 73.1 Å². The number of aliphatic hydroxyl groups excluding tert-OH is 1. The molecule has 2 aliphatic rings. The summed E-state index contributed by atoms with van der Waals surface area (Å²) in [6, 6.07) is 0. The van der Waals surface area contributed by atoms with Gasteiger partial charge in [0.2, 0.25) is 0 Å². The molecule has 6 atom stereocenters. The van der Waals surface area contributed by atoms with Crippen LogP contribution in [0.3, 0.4) is 0 Å². The monoisotopic (exact) mass is 450 g/mol. The highest BCUT2D eigenvalue weighted by Gasteiger charge is 2.54. The summed E-state index contributed by atoms with van der Waals surface area (Å²) < 4.78 is 5.79. The Hall–Kier alpha value is -1.99. The molecule has 2 unspecified atom stereocenters. The van der Waals surface area contributed by atoms with Crippen molar-refractivity contribution in [2.45, 2.75) is 85.5 Å². The molecule has 0 heterocycles. The first kappa shape index (κ1) is 26.3. The van der Waals surface area contributed by atoms with Gasteiger partial charge in [-0.1, -0.05) is 46.6 Å². The molecule has 1 saturated carbocycles. The Morgan fingerprint density at radius 3 is 2.50 bits per heavy atom. The number of ether oxygens (including phenoxy) is 1. The molecule has 0 radical (unpaired) electrons. The number of fused-ring (bicyclic) bond motifs is 1. The summed E-state index contributed by atoms with van der Waals surface area (Å²) in [5.74, 6) is -3.64. The molecule has 32 heavy (non-hydrogen) atoms. The van der Waals surface area contributed by atoms with Gasteiger partial charge in [0.25, 0.3) is 0 Å². The van der Waals surface area contributed by atoms with Crippen molar-refractivity contribution in [1.29, 1.82) is 0 Å². The largest absolute Gasteiger partial charge is 0.481 e. The minimum absolute atomic E-state index is 0.171. The number of ketones is 1. The van der Waals surface area contributed by atoms with Crippen molar-refractivity contribution in [3.8, 4) is 0 Å². The number of aliphatic hydroxyl groups is 2. The predicted molar refractivity (Wildman–Crippen MR) is 119 cm³/mol. The molecule has 0 aliphatic heterocycles. The van der Waals surface area contributed by atoms with Crippen molar-refractivity contribution in [2.24, 2.45) is 29.1 Å². The van der Waals surface area contributed by atoms with Gasteiger partial charge in [0.15, 0.2) is 12.1 Å². The van der Waals surface area contributed by atoms with Gasteiger partial charge in [-0.2, -0.15) is 0 Å². The molecule has 2 aliphatic carbocycles. The molecular weight excluding hydrogens is 412 g/mol. The van der Waals surface area contributed by atoms with E-state index in [-0.39, 0.29) is 18.1 Å². The number of carboxylic acids is 1. The fourth-order valence-electron chi connectivity index (χ4n) is 5.19. The van der Waals surface area contributed by atoms with Gasteiger partial charge in [-0.05, 0) is 50.2 Å². The number of unbranched alkanes of at least 4 members (excludes halogenated alkanes) is 1. The van der Waals surface area contributed by atoms with E-state index in [4.69, 9.17) is 4.74 Å². The number of aliphatic carboxylic acids is 1. The third kappa shape index (κ3) is 5.67. The van der Waals surface area contributed by atoms with E-state index in [1.54, 1.807) is 20.8 Å². The van der Waals surface area contributed by atoms with Crippen LogP contribution >= 0.6 is 0 Å². The number of carbonyl (C=O) groups is 3. The summed E-state index contributed by atoms with van der Waals surface area (Å²) in [5, 5.41) is 29.0. The smallest absolute Gasteiger partial charge is 0.333 e. The molecule has 180 valence electrons. The third-order valence-electron chi connectivity index (χ3n) is 7.32. The molecule has 0 aromatic heterocycles. The number of hydrogen-bond acceptors (Lipinski definition) is 6. The van der Waals surface area contributed by atoms with Gasteiger partial charge in [-0.15, -0.1) is 0 Å². The zero-order valence-corrected chi connectivity index (χ0v) is 19.8.